The number of aromatic amines is 1. The summed E-state index contributed by atoms with van der Waals surface area (Å²) in [6.45, 7) is 4.10. The van der Waals surface area contributed by atoms with E-state index in [0.29, 0.717) is 23.5 Å². The van der Waals surface area contributed by atoms with Crippen molar-refractivity contribution in [2.45, 2.75) is 25.3 Å². The van der Waals surface area contributed by atoms with Crippen LogP contribution in [0.1, 0.15) is 16.8 Å². The van der Waals surface area contributed by atoms with E-state index in [1.807, 2.05) is 6.92 Å². The van der Waals surface area contributed by atoms with E-state index in [0.717, 1.165) is 11.3 Å². The highest BCUT2D eigenvalue weighted by Crippen LogP contribution is 2.26. The highest BCUT2D eigenvalue weighted by Gasteiger charge is 2.15. The molecule has 0 spiro atoms. The average molecular weight is 295 g/mol. The number of nitrogens with zero attached hydrogens (tertiary/aromatic N) is 1. The lowest BCUT2D eigenvalue weighted by molar-refractivity contribution is 0.597. The first-order chi connectivity index (χ1) is 9.29. The Kier molecular flexibility index (Phi) is 3.69. The molecule has 20 heavy (non-hydrogen) atoms. The fraction of sp³-hybridized carbons (Fsp3) is 0.250. The van der Waals surface area contributed by atoms with Crippen LogP contribution in [0.4, 0.5) is 11.4 Å². The van der Waals surface area contributed by atoms with Gasteiger partial charge in [-0.3, -0.25) is 5.10 Å². The number of nitrogen functional groups attached to an aromatic ring is 1. The minimum Gasteiger partial charge on any atom is -0.399 e. The highest BCUT2D eigenvalue weighted by molar-refractivity contribution is 7.89. The van der Waals surface area contributed by atoms with Crippen LogP contribution in [-0.4, -0.2) is 18.6 Å². The molecule has 1 aromatic carbocycles. The van der Waals surface area contributed by atoms with E-state index >= 15 is 0 Å². The largest absolute Gasteiger partial charge is 0.399 e. The second kappa shape index (κ2) is 5.14. The smallest absolute Gasteiger partial charge is 0.238 e. The number of nitrogens with two attached hydrogens (primary N) is 2. The van der Waals surface area contributed by atoms with Crippen molar-refractivity contribution in [2.75, 3.05) is 11.1 Å². The number of anilines is 2. The predicted octanol–water partition coefficient (Wildman–Crippen LogP) is 0.868. The Bertz CT molecular complexity index is 736. The van der Waals surface area contributed by atoms with Crippen molar-refractivity contribution in [3.8, 4) is 0 Å². The molecule has 0 bridgehead atoms. The number of benzene rings is 1. The first-order valence-corrected chi connectivity index (χ1v) is 7.49. The summed E-state index contributed by atoms with van der Waals surface area (Å²) in [6.07, 6.45) is 1.71. The zero-order valence-electron chi connectivity index (χ0n) is 11.3. The first kappa shape index (κ1) is 14.4. The summed E-state index contributed by atoms with van der Waals surface area (Å²) in [6, 6.07) is 3.04. The number of H-pyrrole nitrogens is 1. The number of hydrogen-bond donors (Lipinski definition) is 4. The molecule has 0 saturated heterocycles. The molecule has 2 rings (SSSR count). The Morgan fingerprint density at radius 2 is 2.05 bits per heavy atom. The number of nitrogens with one attached hydrogen (secondary N) is 2. The fourth-order valence-electron chi connectivity index (χ4n) is 1.93. The SMILES string of the molecule is Cc1[nH]ncc1CNc1cc(N)cc(S(N)(=O)=O)c1C. The highest BCUT2D eigenvalue weighted by atomic mass is 32.2. The summed E-state index contributed by atoms with van der Waals surface area (Å²) in [5, 5.41) is 15.1. The molecule has 0 fully saturated rings. The van der Waals surface area contributed by atoms with Gasteiger partial charge in [0.15, 0.2) is 0 Å². The monoisotopic (exact) mass is 295 g/mol. The molecule has 6 N–H and O–H groups in total. The Morgan fingerprint density at radius 1 is 1.35 bits per heavy atom. The van der Waals surface area contributed by atoms with Gasteiger partial charge in [-0.2, -0.15) is 5.10 Å². The summed E-state index contributed by atoms with van der Waals surface area (Å²) in [5.41, 5.74) is 9.18. The number of primary sulfonamides is 1. The summed E-state index contributed by atoms with van der Waals surface area (Å²) >= 11 is 0. The minimum absolute atomic E-state index is 0.0314. The zero-order valence-corrected chi connectivity index (χ0v) is 12.1. The first-order valence-electron chi connectivity index (χ1n) is 5.94. The van der Waals surface area contributed by atoms with Crippen LogP contribution in [0.15, 0.2) is 23.2 Å². The standard InChI is InChI=1S/C12H17N5O2S/c1-7-11(15-5-9-6-16-17-8(9)2)3-10(13)4-12(7)20(14,18)19/h3-4,6,15H,5,13H2,1-2H3,(H,16,17)(H2,14,18,19). The number of aryl methyl sites for hydroxylation is 1. The molecule has 2 aromatic rings. The maximum Gasteiger partial charge on any atom is 0.238 e. The second-order valence-electron chi connectivity index (χ2n) is 4.61. The van der Waals surface area contributed by atoms with E-state index in [4.69, 9.17) is 10.9 Å². The minimum atomic E-state index is -3.80. The molecule has 0 aliphatic heterocycles. The second-order valence-corrected chi connectivity index (χ2v) is 6.14. The van der Waals surface area contributed by atoms with Crippen LogP contribution >= 0.6 is 0 Å². The summed E-state index contributed by atoms with van der Waals surface area (Å²) in [7, 11) is -3.80. The Morgan fingerprint density at radius 3 is 2.60 bits per heavy atom. The number of rotatable bonds is 4. The molecule has 108 valence electrons. The van der Waals surface area contributed by atoms with Gasteiger partial charge in [-0.1, -0.05) is 0 Å². The van der Waals surface area contributed by atoms with E-state index in [1.54, 1.807) is 19.2 Å². The lowest BCUT2D eigenvalue weighted by Gasteiger charge is -2.13. The zero-order chi connectivity index (χ0) is 14.9. The van der Waals surface area contributed by atoms with Crippen LogP contribution < -0.4 is 16.2 Å². The van der Waals surface area contributed by atoms with Gasteiger partial charge in [-0.05, 0) is 31.5 Å². The van der Waals surface area contributed by atoms with Crippen molar-refractivity contribution in [1.82, 2.24) is 10.2 Å². The van der Waals surface area contributed by atoms with Gasteiger partial charge in [0.1, 0.15) is 0 Å². The van der Waals surface area contributed by atoms with E-state index in [9.17, 15) is 8.42 Å². The third-order valence-corrected chi connectivity index (χ3v) is 4.13. The van der Waals surface area contributed by atoms with Crippen LogP contribution in [0.25, 0.3) is 0 Å². The summed E-state index contributed by atoms with van der Waals surface area (Å²) < 4.78 is 23.0. The Labute approximate surface area is 117 Å². The topological polar surface area (TPSA) is 127 Å². The molecule has 0 aliphatic rings. The normalized spacial score (nSPS) is 11.6. The van der Waals surface area contributed by atoms with Crippen LogP contribution in [0.5, 0.6) is 0 Å². The predicted molar refractivity (Wildman–Crippen MR) is 77.6 cm³/mol. The molecule has 0 atom stereocenters. The van der Waals surface area contributed by atoms with Gasteiger partial charge in [0.25, 0.3) is 0 Å². The summed E-state index contributed by atoms with van der Waals surface area (Å²) in [4.78, 5) is 0.0314. The molecule has 0 saturated carbocycles. The number of sulfonamides is 1. The molecular formula is C12H17N5O2S. The van der Waals surface area contributed by atoms with E-state index in [2.05, 4.69) is 15.5 Å². The maximum absolute atomic E-state index is 11.5. The van der Waals surface area contributed by atoms with Crippen molar-refractivity contribution in [1.29, 1.82) is 0 Å². The molecule has 0 aliphatic carbocycles. The molecular weight excluding hydrogens is 278 g/mol. The number of hydrogen-bond acceptors (Lipinski definition) is 5. The quantitative estimate of drug-likeness (QED) is 0.622. The Balaban J connectivity index is 2.33. The molecule has 0 radical (unpaired) electrons. The van der Waals surface area contributed by atoms with Crippen molar-refractivity contribution in [2.24, 2.45) is 5.14 Å². The summed E-state index contributed by atoms with van der Waals surface area (Å²) in [5.74, 6) is 0. The van der Waals surface area contributed by atoms with Gasteiger partial charge < -0.3 is 11.1 Å². The third kappa shape index (κ3) is 2.91. The molecule has 7 nitrogen and oxygen atoms in total. The van der Waals surface area contributed by atoms with Crippen LogP contribution in [0.3, 0.4) is 0 Å². The van der Waals surface area contributed by atoms with Crippen molar-refractivity contribution < 1.29 is 8.42 Å². The van der Waals surface area contributed by atoms with Crippen LogP contribution in [0.2, 0.25) is 0 Å². The van der Waals surface area contributed by atoms with Gasteiger partial charge >= 0.3 is 0 Å². The fourth-order valence-corrected chi connectivity index (χ4v) is 2.77. The Hall–Kier alpha value is -2.06. The van der Waals surface area contributed by atoms with E-state index < -0.39 is 10.0 Å². The molecule has 0 amide bonds. The third-order valence-electron chi connectivity index (χ3n) is 3.09. The van der Waals surface area contributed by atoms with Gasteiger partial charge in [0.05, 0.1) is 11.1 Å². The van der Waals surface area contributed by atoms with Crippen LogP contribution in [-0.2, 0) is 16.6 Å². The average Bonchev–Trinajstić information content (AvgIpc) is 2.74. The number of aromatic nitrogens is 2. The van der Waals surface area contributed by atoms with E-state index in [-0.39, 0.29) is 4.90 Å². The van der Waals surface area contributed by atoms with Gasteiger partial charge in [-0.25, -0.2) is 13.6 Å². The van der Waals surface area contributed by atoms with Gasteiger partial charge in [0.2, 0.25) is 10.0 Å². The van der Waals surface area contributed by atoms with Crippen molar-refractivity contribution in [3.63, 3.8) is 0 Å². The lowest BCUT2D eigenvalue weighted by atomic mass is 10.1. The maximum atomic E-state index is 11.5. The lowest BCUT2D eigenvalue weighted by Crippen LogP contribution is -2.15. The van der Waals surface area contributed by atoms with Crippen LogP contribution in [0, 0.1) is 13.8 Å². The van der Waals surface area contributed by atoms with Crippen molar-refractivity contribution >= 4 is 21.4 Å². The molecule has 1 heterocycles. The van der Waals surface area contributed by atoms with E-state index in [1.165, 1.54) is 6.07 Å². The molecule has 8 heteroatoms. The van der Waals surface area contributed by atoms with Crippen molar-refractivity contribution in [3.05, 3.63) is 35.2 Å². The molecule has 1 aromatic heterocycles. The van der Waals surface area contributed by atoms with Gasteiger partial charge in [-0.15, -0.1) is 0 Å². The van der Waals surface area contributed by atoms with Gasteiger partial charge in [0, 0.05) is 29.2 Å². The molecule has 0 unspecified atom stereocenters.